The molecule has 0 atom stereocenters. The predicted octanol–water partition coefficient (Wildman–Crippen LogP) is 4.02. The summed E-state index contributed by atoms with van der Waals surface area (Å²) in [5.41, 5.74) is 4.29. The highest BCUT2D eigenvalue weighted by Gasteiger charge is 2.23. The lowest BCUT2D eigenvalue weighted by atomic mass is 9.93. The number of rotatable bonds is 5. The number of hydrogen-bond acceptors (Lipinski definition) is 2. The highest BCUT2D eigenvalue weighted by molar-refractivity contribution is 5.55. The van der Waals surface area contributed by atoms with Crippen molar-refractivity contribution >= 4 is 5.69 Å². The molecule has 2 heteroatoms. The minimum Gasteiger partial charge on any atom is -0.371 e. The van der Waals surface area contributed by atoms with Crippen LogP contribution in [0.4, 0.5) is 5.69 Å². The molecule has 1 N–H and O–H groups in total. The summed E-state index contributed by atoms with van der Waals surface area (Å²) in [6, 6.07) is 8.47. The Labute approximate surface area is 123 Å². The monoisotopic (exact) mass is 272 g/mol. The number of benzene rings is 1. The third-order valence-electron chi connectivity index (χ3n) is 4.90. The van der Waals surface area contributed by atoms with Crippen molar-refractivity contribution in [2.75, 3.05) is 11.9 Å². The fourth-order valence-electron chi connectivity index (χ4n) is 3.41. The first kappa shape index (κ1) is 13.9. The van der Waals surface area contributed by atoms with Crippen molar-refractivity contribution in [1.29, 1.82) is 0 Å². The summed E-state index contributed by atoms with van der Waals surface area (Å²) in [5.74, 6) is 0. The van der Waals surface area contributed by atoms with Gasteiger partial charge in [0.2, 0.25) is 0 Å². The SMILES string of the molecule is Cc1ccc(N(C)C2CCCCC2)c(CNC2CC2)c1. The molecule has 0 heterocycles. The maximum atomic E-state index is 3.67. The summed E-state index contributed by atoms with van der Waals surface area (Å²) in [7, 11) is 2.29. The molecular formula is C18H28N2. The molecule has 0 radical (unpaired) electrons. The number of nitrogens with one attached hydrogen (secondary N) is 1. The van der Waals surface area contributed by atoms with Gasteiger partial charge in [-0.15, -0.1) is 0 Å². The lowest BCUT2D eigenvalue weighted by Gasteiger charge is -2.34. The highest BCUT2D eigenvalue weighted by atomic mass is 15.1. The van der Waals surface area contributed by atoms with Gasteiger partial charge in [-0.25, -0.2) is 0 Å². The molecule has 0 aromatic heterocycles. The van der Waals surface area contributed by atoms with Crippen LogP contribution in [0.5, 0.6) is 0 Å². The summed E-state index contributed by atoms with van der Waals surface area (Å²) >= 11 is 0. The second-order valence-corrected chi connectivity index (χ2v) is 6.69. The Hall–Kier alpha value is -1.02. The second-order valence-electron chi connectivity index (χ2n) is 6.69. The van der Waals surface area contributed by atoms with E-state index in [0.29, 0.717) is 0 Å². The van der Waals surface area contributed by atoms with E-state index < -0.39 is 0 Å². The van der Waals surface area contributed by atoms with Crippen LogP contribution in [-0.2, 0) is 6.54 Å². The van der Waals surface area contributed by atoms with Crippen LogP contribution in [0.1, 0.15) is 56.1 Å². The summed E-state index contributed by atoms with van der Waals surface area (Å²) in [6.07, 6.45) is 9.67. The summed E-state index contributed by atoms with van der Waals surface area (Å²) in [5, 5.41) is 3.67. The largest absolute Gasteiger partial charge is 0.371 e. The van der Waals surface area contributed by atoms with Crippen LogP contribution >= 0.6 is 0 Å². The van der Waals surface area contributed by atoms with E-state index in [1.807, 2.05) is 0 Å². The molecule has 0 amide bonds. The first-order chi connectivity index (χ1) is 9.74. The molecule has 0 saturated heterocycles. The Morgan fingerprint density at radius 3 is 2.55 bits per heavy atom. The first-order valence-electron chi connectivity index (χ1n) is 8.30. The molecule has 2 fully saturated rings. The molecule has 20 heavy (non-hydrogen) atoms. The molecule has 2 aliphatic carbocycles. The van der Waals surface area contributed by atoms with E-state index in [4.69, 9.17) is 0 Å². The van der Waals surface area contributed by atoms with Crippen LogP contribution < -0.4 is 10.2 Å². The van der Waals surface area contributed by atoms with E-state index in [1.54, 1.807) is 0 Å². The molecule has 1 aromatic rings. The number of aryl methyl sites for hydroxylation is 1. The van der Waals surface area contributed by atoms with Crippen molar-refractivity contribution in [3.8, 4) is 0 Å². The standard InChI is InChI=1S/C18H28N2/c1-14-8-11-18(15(12-14)13-19-16-9-10-16)20(2)17-6-4-3-5-7-17/h8,11-12,16-17,19H,3-7,9-10,13H2,1-2H3. The third-order valence-corrected chi connectivity index (χ3v) is 4.90. The Balaban J connectivity index is 1.75. The van der Waals surface area contributed by atoms with Crippen molar-refractivity contribution < 1.29 is 0 Å². The predicted molar refractivity (Wildman–Crippen MR) is 86.3 cm³/mol. The zero-order valence-corrected chi connectivity index (χ0v) is 13.0. The Kier molecular flexibility index (Phi) is 4.30. The topological polar surface area (TPSA) is 15.3 Å². The van der Waals surface area contributed by atoms with E-state index >= 15 is 0 Å². The van der Waals surface area contributed by atoms with Gasteiger partial charge in [0.1, 0.15) is 0 Å². The quantitative estimate of drug-likeness (QED) is 0.871. The van der Waals surface area contributed by atoms with Crippen molar-refractivity contribution in [3.05, 3.63) is 29.3 Å². The van der Waals surface area contributed by atoms with Gasteiger partial charge >= 0.3 is 0 Å². The van der Waals surface area contributed by atoms with Gasteiger partial charge in [0.25, 0.3) is 0 Å². The van der Waals surface area contributed by atoms with Crippen molar-refractivity contribution in [3.63, 3.8) is 0 Å². The van der Waals surface area contributed by atoms with Gasteiger partial charge in [-0.2, -0.15) is 0 Å². The molecule has 0 spiro atoms. The zero-order valence-electron chi connectivity index (χ0n) is 13.0. The summed E-state index contributed by atoms with van der Waals surface area (Å²) in [4.78, 5) is 2.54. The van der Waals surface area contributed by atoms with Gasteiger partial charge in [0, 0.05) is 31.4 Å². The third kappa shape index (κ3) is 3.35. The number of anilines is 1. The molecule has 0 bridgehead atoms. The van der Waals surface area contributed by atoms with Gasteiger partial charge < -0.3 is 10.2 Å². The van der Waals surface area contributed by atoms with Gasteiger partial charge in [-0.05, 0) is 44.2 Å². The van der Waals surface area contributed by atoms with E-state index in [9.17, 15) is 0 Å². The average Bonchev–Trinajstić information content (AvgIpc) is 3.30. The normalized spacial score (nSPS) is 20.1. The van der Waals surface area contributed by atoms with E-state index in [-0.39, 0.29) is 0 Å². The van der Waals surface area contributed by atoms with Crippen molar-refractivity contribution in [1.82, 2.24) is 5.32 Å². The van der Waals surface area contributed by atoms with E-state index in [2.05, 4.69) is 42.4 Å². The van der Waals surface area contributed by atoms with Crippen LogP contribution in [0, 0.1) is 6.92 Å². The average molecular weight is 272 g/mol. The fourth-order valence-corrected chi connectivity index (χ4v) is 3.41. The van der Waals surface area contributed by atoms with Gasteiger partial charge in [-0.1, -0.05) is 37.0 Å². The van der Waals surface area contributed by atoms with Crippen LogP contribution in [-0.4, -0.2) is 19.1 Å². The molecule has 2 aliphatic rings. The summed E-state index contributed by atoms with van der Waals surface area (Å²) in [6.45, 7) is 3.23. The molecule has 2 saturated carbocycles. The van der Waals surface area contributed by atoms with E-state index in [1.165, 1.54) is 61.8 Å². The van der Waals surface area contributed by atoms with Crippen LogP contribution in [0.25, 0.3) is 0 Å². The molecular weight excluding hydrogens is 244 g/mol. The zero-order chi connectivity index (χ0) is 13.9. The molecule has 0 aliphatic heterocycles. The highest BCUT2D eigenvalue weighted by Crippen LogP contribution is 2.29. The van der Waals surface area contributed by atoms with Crippen LogP contribution in [0.2, 0.25) is 0 Å². The number of nitrogens with zero attached hydrogens (tertiary/aromatic N) is 1. The lowest BCUT2D eigenvalue weighted by Crippen LogP contribution is -2.34. The lowest BCUT2D eigenvalue weighted by molar-refractivity contribution is 0.427. The Morgan fingerprint density at radius 1 is 1.10 bits per heavy atom. The minimum atomic E-state index is 0.742. The van der Waals surface area contributed by atoms with Gasteiger partial charge in [0.15, 0.2) is 0 Å². The second kappa shape index (κ2) is 6.17. The minimum absolute atomic E-state index is 0.742. The number of hydrogen-bond donors (Lipinski definition) is 1. The molecule has 1 aromatic carbocycles. The summed E-state index contributed by atoms with van der Waals surface area (Å²) < 4.78 is 0. The fraction of sp³-hybridized carbons (Fsp3) is 0.667. The smallest absolute Gasteiger partial charge is 0.0411 e. The van der Waals surface area contributed by atoms with Crippen molar-refractivity contribution in [2.24, 2.45) is 0 Å². The maximum Gasteiger partial charge on any atom is 0.0411 e. The molecule has 3 rings (SSSR count). The Morgan fingerprint density at radius 2 is 1.85 bits per heavy atom. The maximum absolute atomic E-state index is 3.67. The van der Waals surface area contributed by atoms with Crippen molar-refractivity contribution in [2.45, 2.75) is 70.5 Å². The van der Waals surface area contributed by atoms with Gasteiger partial charge in [0.05, 0.1) is 0 Å². The van der Waals surface area contributed by atoms with E-state index in [0.717, 1.165) is 18.6 Å². The first-order valence-corrected chi connectivity index (χ1v) is 8.30. The molecule has 110 valence electrons. The Bertz CT molecular complexity index is 445. The molecule has 2 nitrogen and oxygen atoms in total. The van der Waals surface area contributed by atoms with Crippen LogP contribution in [0.15, 0.2) is 18.2 Å². The van der Waals surface area contributed by atoms with Gasteiger partial charge in [-0.3, -0.25) is 0 Å². The van der Waals surface area contributed by atoms with Crippen LogP contribution in [0.3, 0.4) is 0 Å². The molecule has 0 unspecified atom stereocenters.